The zero-order valence-corrected chi connectivity index (χ0v) is 14.5. The molecule has 2 aliphatic rings. The molecule has 22 heavy (non-hydrogen) atoms. The smallest absolute Gasteiger partial charge is 0.236 e. The van der Waals surface area contributed by atoms with E-state index in [4.69, 9.17) is 10.5 Å². The van der Waals surface area contributed by atoms with Gasteiger partial charge in [0.1, 0.15) is 6.10 Å². The lowest BCUT2D eigenvalue weighted by Gasteiger charge is -2.33. The van der Waals surface area contributed by atoms with Crippen molar-refractivity contribution in [1.29, 1.82) is 0 Å². The second kappa shape index (κ2) is 9.51. The molecule has 1 heterocycles. The molecule has 1 fully saturated rings. The first-order chi connectivity index (χ1) is 10.5. The number of likely N-dealkylation sites (N-methyl/N-ethyl adjacent to an activating group) is 1. The van der Waals surface area contributed by atoms with Gasteiger partial charge in [0.15, 0.2) is 0 Å². The van der Waals surface area contributed by atoms with Gasteiger partial charge in [0.05, 0.1) is 12.3 Å². The summed E-state index contributed by atoms with van der Waals surface area (Å²) in [5, 5.41) is 0. The van der Waals surface area contributed by atoms with Crippen LogP contribution in [0.2, 0.25) is 0 Å². The van der Waals surface area contributed by atoms with Crippen LogP contribution in [0.4, 0.5) is 0 Å². The first kappa shape index (κ1) is 18.6. The molecule has 0 spiro atoms. The van der Waals surface area contributed by atoms with Gasteiger partial charge in [-0.15, -0.1) is 0 Å². The average molecular weight is 309 g/mol. The largest absolute Gasteiger partial charge is 0.495 e. The lowest BCUT2D eigenvalue weighted by molar-refractivity contribution is -0.130. The summed E-state index contributed by atoms with van der Waals surface area (Å²) in [5.41, 5.74) is 6.66. The van der Waals surface area contributed by atoms with Crippen LogP contribution in [0.5, 0.6) is 0 Å². The summed E-state index contributed by atoms with van der Waals surface area (Å²) in [7, 11) is 3.60. The van der Waals surface area contributed by atoms with Crippen molar-refractivity contribution in [3.05, 3.63) is 23.6 Å². The van der Waals surface area contributed by atoms with Crippen molar-refractivity contribution in [3.63, 3.8) is 0 Å². The zero-order chi connectivity index (χ0) is 16.5. The Hall–Kier alpha value is -1.49. The minimum absolute atomic E-state index is 0.167. The van der Waals surface area contributed by atoms with E-state index in [-0.39, 0.29) is 12.0 Å². The number of hydrogen-bond donors (Lipinski definition) is 1. The van der Waals surface area contributed by atoms with Crippen LogP contribution in [0.15, 0.2) is 23.6 Å². The summed E-state index contributed by atoms with van der Waals surface area (Å²) in [6, 6.07) is 0. The SMILES string of the molecule is CC.CN(C)C(=O)CN1CCC(OC2=CC=C(N)CC2)CC1. The highest BCUT2D eigenvalue weighted by molar-refractivity contribution is 5.77. The summed E-state index contributed by atoms with van der Waals surface area (Å²) < 4.78 is 6.02. The van der Waals surface area contributed by atoms with Gasteiger partial charge in [0, 0.05) is 39.3 Å². The van der Waals surface area contributed by atoms with Gasteiger partial charge in [0.2, 0.25) is 5.91 Å². The lowest BCUT2D eigenvalue weighted by Crippen LogP contribution is -2.42. The molecule has 0 radical (unpaired) electrons. The van der Waals surface area contributed by atoms with Crippen LogP contribution in [-0.4, -0.2) is 55.5 Å². The Morgan fingerprint density at radius 2 is 1.91 bits per heavy atom. The number of piperidine rings is 1. The van der Waals surface area contributed by atoms with Crippen molar-refractivity contribution in [2.24, 2.45) is 5.73 Å². The molecule has 5 heteroatoms. The van der Waals surface area contributed by atoms with Crippen LogP contribution in [0.3, 0.4) is 0 Å². The van der Waals surface area contributed by atoms with Gasteiger partial charge in [-0.05, 0) is 31.4 Å². The summed E-state index contributed by atoms with van der Waals surface area (Å²) >= 11 is 0. The van der Waals surface area contributed by atoms with Crippen LogP contribution < -0.4 is 5.73 Å². The topological polar surface area (TPSA) is 58.8 Å². The van der Waals surface area contributed by atoms with Gasteiger partial charge in [-0.25, -0.2) is 0 Å². The number of hydrogen-bond acceptors (Lipinski definition) is 4. The molecule has 0 aromatic rings. The quantitative estimate of drug-likeness (QED) is 0.864. The fraction of sp³-hybridized carbons (Fsp3) is 0.706. The van der Waals surface area contributed by atoms with Gasteiger partial charge < -0.3 is 15.4 Å². The first-order valence-electron chi connectivity index (χ1n) is 8.29. The van der Waals surface area contributed by atoms with Gasteiger partial charge in [-0.2, -0.15) is 0 Å². The fourth-order valence-electron chi connectivity index (χ4n) is 2.46. The molecule has 0 saturated carbocycles. The number of nitrogens with two attached hydrogens (primary N) is 1. The molecule has 2 rings (SSSR count). The number of carbonyl (C=O) groups excluding carboxylic acids is 1. The second-order valence-electron chi connectivity index (χ2n) is 5.76. The highest BCUT2D eigenvalue weighted by atomic mass is 16.5. The van der Waals surface area contributed by atoms with E-state index < -0.39 is 0 Å². The maximum atomic E-state index is 11.7. The predicted molar refractivity (Wildman–Crippen MR) is 90.2 cm³/mol. The minimum atomic E-state index is 0.167. The summed E-state index contributed by atoms with van der Waals surface area (Å²) in [4.78, 5) is 15.5. The second-order valence-corrected chi connectivity index (χ2v) is 5.76. The highest BCUT2D eigenvalue weighted by Gasteiger charge is 2.23. The standard InChI is InChI=1S/C15H25N3O2.C2H6/c1-17(2)15(19)11-18-9-7-14(8-10-18)20-13-5-3-12(16)4-6-13;1-2/h3,5,14H,4,6-11,16H2,1-2H3;1-2H3. The van der Waals surface area contributed by atoms with Crippen molar-refractivity contribution in [1.82, 2.24) is 9.80 Å². The third-order valence-electron chi connectivity index (χ3n) is 3.85. The molecule has 1 aliphatic carbocycles. The summed E-state index contributed by atoms with van der Waals surface area (Å²) in [5.74, 6) is 1.21. The van der Waals surface area contributed by atoms with E-state index in [9.17, 15) is 4.79 Å². The van der Waals surface area contributed by atoms with E-state index in [0.29, 0.717) is 6.54 Å². The van der Waals surface area contributed by atoms with Crippen LogP contribution in [0, 0.1) is 0 Å². The molecule has 1 saturated heterocycles. The lowest BCUT2D eigenvalue weighted by atomic mass is 10.1. The van der Waals surface area contributed by atoms with Crippen molar-refractivity contribution in [3.8, 4) is 0 Å². The predicted octanol–water partition coefficient (Wildman–Crippen LogP) is 2.10. The van der Waals surface area contributed by atoms with Crippen LogP contribution >= 0.6 is 0 Å². The number of allylic oxidation sites excluding steroid dienone is 4. The normalized spacial score (nSPS) is 19.5. The van der Waals surface area contributed by atoms with Crippen molar-refractivity contribution in [2.45, 2.75) is 45.6 Å². The number of carbonyl (C=O) groups is 1. The first-order valence-corrected chi connectivity index (χ1v) is 8.29. The van der Waals surface area contributed by atoms with E-state index in [2.05, 4.69) is 4.90 Å². The summed E-state index contributed by atoms with van der Waals surface area (Å²) in [6.07, 6.45) is 7.96. The van der Waals surface area contributed by atoms with Crippen molar-refractivity contribution >= 4 is 5.91 Å². The minimum Gasteiger partial charge on any atom is -0.495 e. The van der Waals surface area contributed by atoms with Gasteiger partial charge in [0.25, 0.3) is 0 Å². The van der Waals surface area contributed by atoms with Gasteiger partial charge >= 0.3 is 0 Å². The Kier molecular flexibility index (Phi) is 8.02. The van der Waals surface area contributed by atoms with E-state index >= 15 is 0 Å². The Balaban J connectivity index is 0.00000116. The number of ether oxygens (including phenoxy) is 1. The average Bonchev–Trinajstić information content (AvgIpc) is 2.53. The third-order valence-corrected chi connectivity index (χ3v) is 3.85. The molecule has 0 atom stereocenters. The van der Waals surface area contributed by atoms with Crippen molar-refractivity contribution < 1.29 is 9.53 Å². The van der Waals surface area contributed by atoms with Crippen LogP contribution in [0.25, 0.3) is 0 Å². The molecular formula is C17H31N3O2. The zero-order valence-electron chi connectivity index (χ0n) is 14.5. The molecule has 0 aromatic heterocycles. The number of rotatable bonds is 4. The Bertz CT molecular complexity index is 408. The van der Waals surface area contributed by atoms with Crippen molar-refractivity contribution in [2.75, 3.05) is 33.7 Å². The monoisotopic (exact) mass is 309 g/mol. The molecule has 0 bridgehead atoms. The maximum Gasteiger partial charge on any atom is 0.236 e. The van der Waals surface area contributed by atoms with E-state index in [1.165, 1.54) is 0 Å². The third kappa shape index (κ3) is 6.10. The number of nitrogens with zero attached hydrogens (tertiary/aromatic N) is 2. The molecule has 5 nitrogen and oxygen atoms in total. The Labute approximate surface area is 134 Å². The molecule has 1 amide bonds. The fourth-order valence-corrected chi connectivity index (χ4v) is 2.46. The molecule has 0 aromatic carbocycles. The highest BCUT2D eigenvalue weighted by Crippen LogP contribution is 2.22. The van der Waals surface area contributed by atoms with Gasteiger partial charge in [-0.1, -0.05) is 13.8 Å². The van der Waals surface area contributed by atoms with Gasteiger partial charge in [-0.3, -0.25) is 9.69 Å². The molecule has 2 N–H and O–H groups in total. The molecular weight excluding hydrogens is 278 g/mol. The van der Waals surface area contributed by atoms with Crippen LogP contribution in [-0.2, 0) is 9.53 Å². The van der Waals surface area contributed by atoms with E-state index in [1.54, 1.807) is 19.0 Å². The summed E-state index contributed by atoms with van der Waals surface area (Å²) in [6.45, 7) is 6.37. The van der Waals surface area contributed by atoms with E-state index in [0.717, 1.165) is 50.2 Å². The Morgan fingerprint density at radius 1 is 1.27 bits per heavy atom. The van der Waals surface area contributed by atoms with E-state index in [1.807, 2.05) is 26.0 Å². The Morgan fingerprint density at radius 3 is 2.41 bits per heavy atom. The molecule has 126 valence electrons. The number of likely N-dealkylation sites (tertiary alicyclic amines) is 1. The molecule has 0 unspecified atom stereocenters. The maximum absolute atomic E-state index is 11.7. The van der Waals surface area contributed by atoms with Crippen LogP contribution in [0.1, 0.15) is 39.5 Å². The number of amides is 1. The molecule has 1 aliphatic heterocycles.